The van der Waals surface area contributed by atoms with Crippen LogP contribution in [0.2, 0.25) is 0 Å². The first-order valence-corrected chi connectivity index (χ1v) is 7.97. The SMILES string of the molecule is CCN(CC)CC(C)NC1CCOc2ccc(OC)cc21. The number of hydrogen-bond donors (Lipinski definition) is 1. The van der Waals surface area contributed by atoms with Crippen molar-refractivity contribution in [1.29, 1.82) is 0 Å². The molecule has 2 atom stereocenters. The summed E-state index contributed by atoms with van der Waals surface area (Å²) < 4.78 is 11.1. The fraction of sp³-hybridized carbons (Fsp3) is 0.647. The van der Waals surface area contributed by atoms with Crippen molar-refractivity contribution in [3.05, 3.63) is 23.8 Å². The third-order valence-corrected chi connectivity index (χ3v) is 4.17. The van der Waals surface area contributed by atoms with Crippen LogP contribution in [0.3, 0.4) is 0 Å². The van der Waals surface area contributed by atoms with Gasteiger partial charge in [0.1, 0.15) is 11.5 Å². The molecule has 0 fully saturated rings. The molecule has 1 aliphatic heterocycles. The molecule has 0 bridgehead atoms. The summed E-state index contributed by atoms with van der Waals surface area (Å²) in [5.41, 5.74) is 1.21. The van der Waals surface area contributed by atoms with Gasteiger partial charge in [0.05, 0.1) is 13.7 Å². The fourth-order valence-corrected chi connectivity index (χ4v) is 2.94. The van der Waals surface area contributed by atoms with Gasteiger partial charge < -0.3 is 19.7 Å². The van der Waals surface area contributed by atoms with E-state index in [2.05, 4.69) is 37.1 Å². The number of fused-ring (bicyclic) bond motifs is 1. The Kier molecular flexibility index (Phi) is 5.88. The number of likely N-dealkylation sites (N-methyl/N-ethyl adjacent to an activating group) is 1. The Labute approximate surface area is 128 Å². The Balaban J connectivity index is 2.05. The molecular weight excluding hydrogens is 264 g/mol. The molecule has 1 aromatic carbocycles. The molecule has 0 aromatic heterocycles. The van der Waals surface area contributed by atoms with E-state index in [0.29, 0.717) is 12.1 Å². The van der Waals surface area contributed by atoms with Gasteiger partial charge in [-0.1, -0.05) is 13.8 Å². The first kappa shape index (κ1) is 16.1. The molecule has 1 N–H and O–H groups in total. The third-order valence-electron chi connectivity index (χ3n) is 4.17. The minimum atomic E-state index is 0.342. The maximum Gasteiger partial charge on any atom is 0.124 e. The van der Waals surface area contributed by atoms with Crippen molar-refractivity contribution in [1.82, 2.24) is 10.2 Å². The lowest BCUT2D eigenvalue weighted by molar-refractivity contribution is 0.222. The molecule has 1 heterocycles. The molecule has 1 aromatic rings. The minimum absolute atomic E-state index is 0.342. The van der Waals surface area contributed by atoms with Crippen molar-refractivity contribution in [3.63, 3.8) is 0 Å². The van der Waals surface area contributed by atoms with Crippen molar-refractivity contribution in [3.8, 4) is 11.5 Å². The zero-order valence-corrected chi connectivity index (χ0v) is 13.7. The highest BCUT2D eigenvalue weighted by molar-refractivity contribution is 5.43. The first-order chi connectivity index (χ1) is 10.2. The van der Waals surface area contributed by atoms with Crippen LogP contribution in [-0.2, 0) is 0 Å². The Morgan fingerprint density at radius 1 is 1.38 bits per heavy atom. The van der Waals surface area contributed by atoms with Crippen LogP contribution in [0.5, 0.6) is 11.5 Å². The van der Waals surface area contributed by atoms with Crippen molar-refractivity contribution >= 4 is 0 Å². The molecule has 2 unspecified atom stereocenters. The van der Waals surface area contributed by atoms with Gasteiger partial charge in [0, 0.05) is 30.6 Å². The van der Waals surface area contributed by atoms with Crippen LogP contribution in [-0.4, -0.2) is 44.3 Å². The molecule has 0 saturated heterocycles. The Bertz CT molecular complexity index is 446. The summed E-state index contributed by atoms with van der Waals surface area (Å²) in [7, 11) is 1.71. The van der Waals surface area contributed by atoms with Crippen molar-refractivity contribution in [2.75, 3.05) is 33.4 Å². The molecule has 0 aliphatic carbocycles. The number of rotatable bonds is 7. The molecule has 1 aliphatic rings. The number of benzene rings is 1. The molecule has 0 amide bonds. The predicted molar refractivity (Wildman–Crippen MR) is 86.2 cm³/mol. The summed E-state index contributed by atoms with van der Waals surface area (Å²) in [6.45, 7) is 10.7. The van der Waals surface area contributed by atoms with E-state index >= 15 is 0 Å². The summed E-state index contributed by atoms with van der Waals surface area (Å²) >= 11 is 0. The summed E-state index contributed by atoms with van der Waals surface area (Å²) in [4.78, 5) is 2.45. The second kappa shape index (κ2) is 7.66. The third kappa shape index (κ3) is 4.11. The summed E-state index contributed by atoms with van der Waals surface area (Å²) in [5.74, 6) is 1.87. The van der Waals surface area contributed by atoms with Gasteiger partial charge in [-0.05, 0) is 38.2 Å². The van der Waals surface area contributed by atoms with E-state index in [4.69, 9.17) is 9.47 Å². The molecule has 0 spiro atoms. The quantitative estimate of drug-likeness (QED) is 0.838. The van der Waals surface area contributed by atoms with Crippen LogP contribution >= 0.6 is 0 Å². The van der Waals surface area contributed by atoms with Crippen molar-refractivity contribution in [2.24, 2.45) is 0 Å². The highest BCUT2D eigenvalue weighted by Crippen LogP contribution is 2.34. The van der Waals surface area contributed by atoms with Crippen LogP contribution in [0.4, 0.5) is 0 Å². The lowest BCUT2D eigenvalue weighted by atomic mass is 9.99. The fourth-order valence-electron chi connectivity index (χ4n) is 2.94. The highest BCUT2D eigenvalue weighted by atomic mass is 16.5. The molecule has 118 valence electrons. The Hall–Kier alpha value is -1.26. The highest BCUT2D eigenvalue weighted by Gasteiger charge is 2.23. The van der Waals surface area contributed by atoms with Crippen LogP contribution in [0.1, 0.15) is 38.8 Å². The van der Waals surface area contributed by atoms with Gasteiger partial charge in [0.15, 0.2) is 0 Å². The van der Waals surface area contributed by atoms with Crippen LogP contribution < -0.4 is 14.8 Å². The Morgan fingerprint density at radius 2 is 2.14 bits per heavy atom. The zero-order chi connectivity index (χ0) is 15.2. The number of ether oxygens (including phenoxy) is 2. The summed E-state index contributed by atoms with van der Waals surface area (Å²) in [6.07, 6.45) is 1.00. The van der Waals surface area contributed by atoms with Gasteiger partial charge in [-0.15, -0.1) is 0 Å². The average Bonchev–Trinajstić information content (AvgIpc) is 2.52. The molecule has 4 heteroatoms. The lowest BCUT2D eigenvalue weighted by Gasteiger charge is -2.31. The topological polar surface area (TPSA) is 33.7 Å². The van der Waals surface area contributed by atoms with Gasteiger partial charge in [-0.2, -0.15) is 0 Å². The number of nitrogens with zero attached hydrogens (tertiary/aromatic N) is 1. The summed E-state index contributed by atoms with van der Waals surface area (Å²) in [5, 5.41) is 3.75. The molecule has 2 rings (SSSR count). The molecule has 0 saturated carbocycles. The molecule has 0 radical (unpaired) electrons. The van der Waals surface area contributed by atoms with E-state index in [0.717, 1.165) is 44.2 Å². The largest absolute Gasteiger partial charge is 0.497 e. The number of methoxy groups -OCH3 is 1. The monoisotopic (exact) mass is 292 g/mol. The van der Waals surface area contributed by atoms with Gasteiger partial charge >= 0.3 is 0 Å². The van der Waals surface area contributed by atoms with E-state index < -0.39 is 0 Å². The normalized spacial score (nSPS) is 19.0. The zero-order valence-electron chi connectivity index (χ0n) is 13.7. The Morgan fingerprint density at radius 3 is 2.81 bits per heavy atom. The van der Waals surface area contributed by atoms with Gasteiger partial charge in [0.2, 0.25) is 0 Å². The van der Waals surface area contributed by atoms with E-state index in [9.17, 15) is 0 Å². The standard InChI is InChI=1S/C17H28N2O2/c1-5-19(6-2)12-13(3)18-16-9-10-21-17-8-7-14(20-4)11-15(16)17/h7-8,11,13,16,18H,5-6,9-10,12H2,1-4H3. The van der Waals surface area contributed by atoms with E-state index in [1.807, 2.05) is 12.1 Å². The average molecular weight is 292 g/mol. The predicted octanol–water partition coefficient (Wildman–Crippen LogP) is 2.84. The minimum Gasteiger partial charge on any atom is -0.497 e. The van der Waals surface area contributed by atoms with Crippen LogP contribution in [0.25, 0.3) is 0 Å². The number of hydrogen-bond acceptors (Lipinski definition) is 4. The number of nitrogens with one attached hydrogen (secondary N) is 1. The lowest BCUT2D eigenvalue weighted by Crippen LogP contribution is -2.41. The molecule has 21 heavy (non-hydrogen) atoms. The van der Waals surface area contributed by atoms with Crippen molar-refractivity contribution in [2.45, 2.75) is 39.3 Å². The van der Waals surface area contributed by atoms with Crippen LogP contribution in [0.15, 0.2) is 18.2 Å². The van der Waals surface area contributed by atoms with Gasteiger partial charge in [0.25, 0.3) is 0 Å². The second-order valence-electron chi connectivity index (χ2n) is 5.65. The first-order valence-electron chi connectivity index (χ1n) is 7.97. The van der Waals surface area contributed by atoms with Gasteiger partial charge in [-0.25, -0.2) is 0 Å². The maximum absolute atomic E-state index is 5.75. The van der Waals surface area contributed by atoms with Gasteiger partial charge in [-0.3, -0.25) is 0 Å². The molecule has 4 nitrogen and oxygen atoms in total. The summed E-state index contributed by atoms with van der Waals surface area (Å²) in [6, 6.07) is 6.86. The van der Waals surface area contributed by atoms with E-state index in [-0.39, 0.29) is 0 Å². The van der Waals surface area contributed by atoms with Crippen LogP contribution in [0, 0.1) is 0 Å². The maximum atomic E-state index is 5.75. The van der Waals surface area contributed by atoms with E-state index in [1.54, 1.807) is 7.11 Å². The smallest absolute Gasteiger partial charge is 0.124 e. The second-order valence-corrected chi connectivity index (χ2v) is 5.65. The molecular formula is C17H28N2O2. The van der Waals surface area contributed by atoms with E-state index in [1.165, 1.54) is 5.56 Å². The van der Waals surface area contributed by atoms with Crippen molar-refractivity contribution < 1.29 is 9.47 Å².